The molecule has 0 radical (unpaired) electrons. The minimum Gasteiger partial charge on any atom is -0.396 e. The maximum atomic E-state index is 9.04. The Bertz CT molecular complexity index is 170. The van der Waals surface area contributed by atoms with E-state index in [1.54, 1.807) is 0 Å². The van der Waals surface area contributed by atoms with Gasteiger partial charge in [-0.1, -0.05) is 18.1 Å². The largest absolute Gasteiger partial charge is 0.396 e. The smallest absolute Gasteiger partial charge is 0.0464 e. The summed E-state index contributed by atoms with van der Waals surface area (Å²) in [6, 6.07) is 0. The highest BCUT2D eigenvalue weighted by Gasteiger charge is 2.22. The topological polar surface area (TPSA) is 20.2 Å². The van der Waals surface area contributed by atoms with Crippen LogP contribution in [0.2, 0.25) is 0 Å². The van der Waals surface area contributed by atoms with Crippen molar-refractivity contribution in [3.05, 3.63) is 11.1 Å². The molecule has 0 saturated heterocycles. The zero-order valence-corrected chi connectivity index (χ0v) is 7.72. The lowest BCUT2D eigenvalue weighted by molar-refractivity contribution is 0.174. The molecule has 1 rings (SSSR count). The third-order valence-corrected chi connectivity index (χ3v) is 2.96. The summed E-state index contributed by atoms with van der Waals surface area (Å²) in [6.45, 7) is 6.98. The van der Waals surface area contributed by atoms with E-state index in [1.165, 1.54) is 17.6 Å². The van der Waals surface area contributed by atoms with Crippen molar-refractivity contribution in [2.24, 2.45) is 11.8 Å². The van der Waals surface area contributed by atoms with E-state index in [2.05, 4.69) is 20.8 Å². The molecule has 0 bridgehead atoms. The fourth-order valence-electron chi connectivity index (χ4n) is 1.84. The summed E-state index contributed by atoms with van der Waals surface area (Å²) in [5.74, 6) is 1.18. The van der Waals surface area contributed by atoms with Gasteiger partial charge in [0.25, 0.3) is 0 Å². The lowest BCUT2D eigenvalue weighted by atomic mass is 9.78. The maximum absolute atomic E-state index is 9.04. The first kappa shape index (κ1) is 8.79. The van der Waals surface area contributed by atoms with Crippen LogP contribution in [0.25, 0.3) is 0 Å². The van der Waals surface area contributed by atoms with Crippen LogP contribution in [-0.2, 0) is 0 Å². The quantitative estimate of drug-likeness (QED) is 0.575. The van der Waals surface area contributed by atoms with Gasteiger partial charge in [0.1, 0.15) is 0 Å². The van der Waals surface area contributed by atoms with Crippen LogP contribution in [0.15, 0.2) is 11.1 Å². The lowest BCUT2D eigenvalue weighted by Gasteiger charge is -2.29. The van der Waals surface area contributed by atoms with E-state index in [-0.39, 0.29) is 0 Å². The fraction of sp³-hybridized carbons (Fsp3) is 0.800. The van der Waals surface area contributed by atoms with E-state index in [9.17, 15) is 0 Å². The van der Waals surface area contributed by atoms with Crippen molar-refractivity contribution in [1.29, 1.82) is 0 Å². The maximum Gasteiger partial charge on any atom is 0.0464 e. The van der Waals surface area contributed by atoms with Crippen molar-refractivity contribution >= 4 is 0 Å². The third kappa shape index (κ3) is 1.84. The van der Waals surface area contributed by atoms with Gasteiger partial charge >= 0.3 is 0 Å². The highest BCUT2D eigenvalue weighted by Crippen LogP contribution is 2.32. The van der Waals surface area contributed by atoms with Crippen molar-refractivity contribution in [2.45, 2.75) is 33.6 Å². The minimum absolute atomic E-state index is 0.353. The molecule has 11 heavy (non-hydrogen) atoms. The van der Waals surface area contributed by atoms with Gasteiger partial charge in [-0.2, -0.15) is 0 Å². The third-order valence-electron chi connectivity index (χ3n) is 2.96. The summed E-state index contributed by atoms with van der Waals surface area (Å²) >= 11 is 0. The number of rotatable bonds is 1. The molecule has 1 aliphatic rings. The normalized spacial score (nSPS) is 32.7. The number of allylic oxidation sites excluding steroid dienone is 2. The van der Waals surface area contributed by atoms with E-state index in [0.717, 1.165) is 6.42 Å². The van der Waals surface area contributed by atoms with Crippen LogP contribution in [0.5, 0.6) is 0 Å². The molecule has 0 heterocycles. The zero-order valence-electron chi connectivity index (χ0n) is 7.72. The van der Waals surface area contributed by atoms with E-state index in [1.807, 2.05) is 0 Å². The SMILES string of the molecule is CC1=C(C)CC(CO)C(C)C1. The van der Waals surface area contributed by atoms with Crippen LogP contribution in [0.1, 0.15) is 33.6 Å². The summed E-state index contributed by atoms with van der Waals surface area (Å²) in [7, 11) is 0. The Kier molecular flexibility index (Phi) is 2.72. The van der Waals surface area contributed by atoms with Crippen LogP contribution < -0.4 is 0 Å². The molecule has 0 aromatic rings. The predicted octanol–water partition coefficient (Wildman–Crippen LogP) is 2.36. The Morgan fingerprint density at radius 1 is 1.27 bits per heavy atom. The second-order valence-electron chi connectivity index (χ2n) is 3.89. The van der Waals surface area contributed by atoms with Crippen molar-refractivity contribution in [2.75, 3.05) is 6.61 Å². The second-order valence-corrected chi connectivity index (χ2v) is 3.89. The highest BCUT2D eigenvalue weighted by molar-refractivity contribution is 5.14. The van der Waals surface area contributed by atoms with E-state index >= 15 is 0 Å². The van der Waals surface area contributed by atoms with Gasteiger partial charge in [-0.05, 0) is 38.5 Å². The molecule has 1 N–H and O–H groups in total. The van der Waals surface area contributed by atoms with Crippen molar-refractivity contribution in [1.82, 2.24) is 0 Å². The average Bonchev–Trinajstić information content (AvgIpc) is 1.97. The van der Waals surface area contributed by atoms with Gasteiger partial charge in [0.05, 0.1) is 0 Å². The number of aliphatic hydroxyl groups is 1. The lowest BCUT2D eigenvalue weighted by Crippen LogP contribution is -2.21. The Labute approximate surface area is 69.1 Å². The number of hydrogen-bond acceptors (Lipinski definition) is 1. The molecule has 1 heteroatoms. The molecule has 0 saturated carbocycles. The Morgan fingerprint density at radius 2 is 1.82 bits per heavy atom. The minimum atomic E-state index is 0.353. The van der Waals surface area contributed by atoms with Gasteiger partial charge in [0.15, 0.2) is 0 Å². The highest BCUT2D eigenvalue weighted by atomic mass is 16.3. The van der Waals surface area contributed by atoms with Gasteiger partial charge in [-0.3, -0.25) is 0 Å². The molecule has 64 valence electrons. The van der Waals surface area contributed by atoms with Crippen molar-refractivity contribution in [3.63, 3.8) is 0 Å². The first-order chi connectivity index (χ1) is 5.15. The summed E-state index contributed by atoms with van der Waals surface area (Å²) in [6.07, 6.45) is 2.28. The van der Waals surface area contributed by atoms with Crippen LogP contribution in [0.3, 0.4) is 0 Å². The number of aliphatic hydroxyl groups excluding tert-OH is 1. The molecule has 1 nitrogen and oxygen atoms in total. The molecule has 2 atom stereocenters. The second kappa shape index (κ2) is 3.40. The summed E-state index contributed by atoms with van der Waals surface area (Å²) < 4.78 is 0. The predicted molar refractivity (Wildman–Crippen MR) is 47.3 cm³/mol. The van der Waals surface area contributed by atoms with Gasteiger partial charge in [-0.25, -0.2) is 0 Å². The van der Waals surface area contributed by atoms with Crippen LogP contribution in [0.4, 0.5) is 0 Å². The Morgan fingerprint density at radius 3 is 2.36 bits per heavy atom. The van der Waals surface area contributed by atoms with E-state index in [0.29, 0.717) is 18.4 Å². The van der Waals surface area contributed by atoms with Gasteiger partial charge in [-0.15, -0.1) is 0 Å². The molecule has 0 spiro atoms. The molecule has 2 unspecified atom stereocenters. The molecule has 0 amide bonds. The van der Waals surface area contributed by atoms with Crippen LogP contribution in [0, 0.1) is 11.8 Å². The summed E-state index contributed by atoms with van der Waals surface area (Å²) in [4.78, 5) is 0. The Balaban J connectivity index is 2.67. The molecule has 1 aliphatic carbocycles. The molecular formula is C10H18O. The van der Waals surface area contributed by atoms with E-state index < -0.39 is 0 Å². The van der Waals surface area contributed by atoms with Crippen molar-refractivity contribution in [3.8, 4) is 0 Å². The zero-order chi connectivity index (χ0) is 8.43. The average molecular weight is 154 g/mol. The van der Waals surface area contributed by atoms with Gasteiger partial charge in [0, 0.05) is 6.61 Å². The molecule has 0 aliphatic heterocycles. The van der Waals surface area contributed by atoms with Crippen LogP contribution in [-0.4, -0.2) is 11.7 Å². The molecule has 0 aromatic heterocycles. The van der Waals surface area contributed by atoms with E-state index in [4.69, 9.17) is 5.11 Å². The summed E-state index contributed by atoms with van der Waals surface area (Å²) in [5.41, 5.74) is 3.02. The fourth-order valence-corrected chi connectivity index (χ4v) is 1.84. The molecule has 0 fully saturated rings. The molecule has 0 aromatic carbocycles. The van der Waals surface area contributed by atoms with Crippen molar-refractivity contribution < 1.29 is 5.11 Å². The monoisotopic (exact) mass is 154 g/mol. The standard InChI is InChI=1S/C10H18O/c1-7-4-9(3)10(6-11)5-8(7)2/h9-11H,4-6H2,1-3H3. The summed E-state index contributed by atoms with van der Waals surface area (Å²) in [5, 5.41) is 9.04. The van der Waals surface area contributed by atoms with Crippen LogP contribution >= 0.6 is 0 Å². The number of hydrogen-bond donors (Lipinski definition) is 1. The Hall–Kier alpha value is -0.300. The van der Waals surface area contributed by atoms with Gasteiger partial charge in [0.2, 0.25) is 0 Å². The first-order valence-electron chi connectivity index (χ1n) is 4.41. The first-order valence-corrected chi connectivity index (χ1v) is 4.41. The van der Waals surface area contributed by atoms with Gasteiger partial charge < -0.3 is 5.11 Å². The molecular weight excluding hydrogens is 136 g/mol.